The van der Waals surface area contributed by atoms with Crippen molar-refractivity contribution in [3.8, 4) is 11.4 Å². The Bertz CT molecular complexity index is 1370. The molecule has 0 radical (unpaired) electrons. The van der Waals surface area contributed by atoms with Crippen molar-refractivity contribution in [1.82, 2.24) is 10.1 Å². The summed E-state index contributed by atoms with van der Waals surface area (Å²) in [6.07, 6.45) is 1.09. The first-order valence-electron chi connectivity index (χ1n) is 9.42. The van der Waals surface area contributed by atoms with Gasteiger partial charge in [0.2, 0.25) is 5.82 Å². The topological polar surface area (TPSA) is 138 Å². The fourth-order valence-corrected chi connectivity index (χ4v) is 3.63. The predicted octanol–water partition coefficient (Wildman–Crippen LogP) is 3.89. The van der Waals surface area contributed by atoms with Crippen molar-refractivity contribution in [2.24, 2.45) is 10.7 Å². The standard InChI is InChI=1S/C21H18Cl2N4O5S/c1-3-31-21(28)17(24)16(23)18(25-15-10-5-4-9-14(15)22)20-26-19(27-32-20)12-7-6-8-13(11-12)33(2,29)30/h4-11H,3,24H2,1-2H3. The third-order valence-electron chi connectivity index (χ3n) is 4.17. The Kier molecular flexibility index (Phi) is 7.52. The summed E-state index contributed by atoms with van der Waals surface area (Å²) in [6.45, 7) is 1.70. The first-order chi connectivity index (χ1) is 15.6. The molecular weight excluding hydrogens is 491 g/mol. The Balaban J connectivity index is 2.14. The van der Waals surface area contributed by atoms with Crippen LogP contribution in [0.5, 0.6) is 0 Å². The SMILES string of the molecule is CCOC(=O)C(N)=C(Cl)C(=Nc1ccccc1Cl)c1nc(-c2cccc(S(C)(=O)=O)c2)no1. The fraction of sp³-hybridized carbons (Fsp3) is 0.143. The predicted molar refractivity (Wildman–Crippen MR) is 124 cm³/mol. The van der Waals surface area contributed by atoms with E-state index in [2.05, 4.69) is 15.1 Å². The molecule has 0 aliphatic heterocycles. The van der Waals surface area contributed by atoms with Gasteiger partial charge in [0.1, 0.15) is 16.4 Å². The van der Waals surface area contributed by atoms with Gasteiger partial charge < -0.3 is 15.0 Å². The van der Waals surface area contributed by atoms with Crippen LogP contribution in [-0.4, -0.2) is 43.1 Å². The van der Waals surface area contributed by atoms with E-state index in [0.717, 1.165) is 6.26 Å². The zero-order valence-corrected chi connectivity index (χ0v) is 19.8. The first kappa shape index (κ1) is 24.4. The molecule has 0 fully saturated rings. The third kappa shape index (κ3) is 5.78. The summed E-state index contributed by atoms with van der Waals surface area (Å²) in [6, 6.07) is 12.6. The quantitative estimate of drug-likeness (QED) is 0.288. The lowest BCUT2D eigenvalue weighted by atomic mass is 10.2. The van der Waals surface area contributed by atoms with Crippen molar-refractivity contribution in [3.63, 3.8) is 0 Å². The van der Waals surface area contributed by atoms with Crippen LogP contribution in [0.15, 0.2) is 73.7 Å². The minimum absolute atomic E-state index is 0.0709. The molecule has 3 aromatic rings. The molecule has 0 amide bonds. The number of nitrogens with zero attached hydrogens (tertiary/aromatic N) is 3. The number of carbonyl (C=O) groups is 1. The van der Waals surface area contributed by atoms with Gasteiger partial charge in [0, 0.05) is 11.8 Å². The van der Waals surface area contributed by atoms with Crippen LogP contribution in [0.25, 0.3) is 11.4 Å². The van der Waals surface area contributed by atoms with E-state index in [1.54, 1.807) is 43.3 Å². The molecule has 0 saturated heterocycles. The van der Waals surface area contributed by atoms with Gasteiger partial charge >= 0.3 is 5.97 Å². The van der Waals surface area contributed by atoms with Crippen molar-refractivity contribution >= 4 is 50.4 Å². The van der Waals surface area contributed by atoms with Crippen molar-refractivity contribution in [2.75, 3.05) is 12.9 Å². The van der Waals surface area contributed by atoms with Gasteiger partial charge in [-0.15, -0.1) is 0 Å². The van der Waals surface area contributed by atoms with Gasteiger partial charge in [-0.3, -0.25) is 0 Å². The molecule has 0 aliphatic carbocycles. The summed E-state index contributed by atoms with van der Waals surface area (Å²) in [4.78, 5) is 20.8. The van der Waals surface area contributed by atoms with E-state index < -0.39 is 21.5 Å². The van der Waals surface area contributed by atoms with Crippen LogP contribution in [0.3, 0.4) is 0 Å². The number of ether oxygens (including phenoxy) is 1. The maximum absolute atomic E-state index is 12.1. The van der Waals surface area contributed by atoms with E-state index in [4.69, 9.17) is 38.2 Å². The molecule has 0 spiro atoms. The van der Waals surface area contributed by atoms with Crippen LogP contribution in [0.2, 0.25) is 5.02 Å². The lowest BCUT2D eigenvalue weighted by molar-refractivity contribution is -0.138. The second kappa shape index (κ2) is 10.2. The molecule has 0 unspecified atom stereocenters. The Hall–Kier alpha value is -3.21. The fourth-order valence-electron chi connectivity index (χ4n) is 2.58. The summed E-state index contributed by atoms with van der Waals surface area (Å²) in [5.41, 5.74) is 6.02. The highest BCUT2D eigenvalue weighted by Crippen LogP contribution is 2.28. The van der Waals surface area contributed by atoms with Crippen LogP contribution in [0.4, 0.5) is 5.69 Å². The van der Waals surface area contributed by atoms with Gasteiger partial charge in [-0.25, -0.2) is 18.2 Å². The van der Waals surface area contributed by atoms with Crippen molar-refractivity contribution < 1.29 is 22.5 Å². The Morgan fingerprint density at radius 1 is 1.21 bits per heavy atom. The molecule has 0 atom stereocenters. The number of para-hydroxylation sites is 1. The Labute approximate surface area is 199 Å². The van der Waals surface area contributed by atoms with E-state index in [1.807, 2.05) is 0 Å². The van der Waals surface area contributed by atoms with E-state index in [9.17, 15) is 13.2 Å². The second-order valence-electron chi connectivity index (χ2n) is 6.58. The maximum atomic E-state index is 12.1. The summed E-state index contributed by atoms with van der Waals surface area (Å²) >= 11 is 12.6. The molecule has 2 aromatic carbocycles. The molecule has 1 heterocycles. The number of aliphatic imine (C=N–C) groups is 1. The first-order valence-corrected chi connectivity index (χ1v) is 12.1. The van der Waals surface area contributed by atoms with Crippen molar-refractivity contribution in [3.05, 3.63) is 70.2 Å². The highest BCUT2D eigenvalue weighted by atomic mass is 35.5. The number of aromatic nitrogens is 2. The smallest absolute Gasteiger partial charge is 0.355 e. The number of carbonyl (C=O) groups excluding carboxylic acids is 1. The highest BCUT2D eigenvalue weighted by Gasteiger charge is 2.24. The number of rotatable bonds is 7. The van der Waals surface area contributed by atoms with Gasteiger partial charge in [-0.2, -0.15) is 4.98 Å². The molecule has 0 aliphatic rings. The molecule has 0 bridgehead atoms. The number of hydrogen-bond donors (Lipinski definition) is 1. The van der Waals surface area contributed by atoms with Gasteiger partial charge in [-0.1, -0.05) is 52.6 Å². The minimum Gasteiger partial charge on any atom is -0.461 e. The normalized spacial score (nSPS) is 12.9. The third-order valence-corrected chi connectivity index (χ3v) is 5.99. The average Bonchev–Trinajstić information content (AvgIpc) is 3.27. The summed E-state index contributed by atoms with van der Waals surface area (Å²) in [5.74, 6) is -0.955. The summed E-state index contributed by atoms with van der Waals surface area (Å²) in [7, 11) is -3.45. The number of sulfone groups is 1. The van der Waals surface area contributed by atoms with Crippen LogP contribution >= 0.6 is 23.2 Å². The zero-order chi connectivity index (χ0) is 24.2. The maximum Gasteiger partial charge on any atom is 0.355 e. The van der Waals surface area contributed by atoms with E-state index >= 15 is 0 Å². The molecule has 3 rings (SSSR count). The van der Waals surface area contributed by atoms with Crippen LogP contribution < -0.4 is 5.73 Å². The van der Waals surface area contributed by atoms with Gasteiger partial charge in [-0.05, 0) is 31.2 Å². The summed E-state index contributed by atoms with van der Waals surface area (Å²) < 4.78 is 34.0. The van der Waals surface area contributed by atoms with Crippen molar-refractivity contribution in [1.29, 1.82) is 0 Å². The molecular formula is C21H18Cl2N4O5S. The van der Waals surface area contributed by atoms with Gasteiger partial charge in [0.25, 0.3) is 5.89 Å². The number of benzene rings is 2. The van der Waals surface area contributed by atoms with E-state index in [-0.39, 0.29) is 34.0 Å². The number of nitrogens with two attached hydrogens (primary N) is 1. The lowest BCUT2D eigenvalue weighted by Gasteiger charge is -2.07. The molecule has 33 heavy (non-hydrogen) atoms. The Morgan fingerprint density at radius 3 is 2.61 bits per heavy atom. The van der Waals surface area contributed by atoms with Crippen molar-refractivity contribution in [2.45, 2.75) is 11.8 Å². The van der Waals surface area contributed by atoms with Crippen LogP contribution in [0.1, 0.15) is 12.8 Å². The minimum atomic E-state index is -3.45. The zero-order valence-electron chi connectivity index (χ0n) is 17.5. The number of halogens is 2. The molecule has 1 aromatic heterocycles. The molecule has 172 valence electrons. The van der Waals surface area contributed by atoms with E-state index in [1.165, 1.54) is 12.1 Å². The van der Waals surface area contributed by atoms with Gasteiger partial charge in [0.15, 0.2) is 9.84 Å². The average molecular weight is 509 g/mol. The number of esters is 1. The highest BCUT2D eigenvalue weighted by molar-refractivity contribution is 7.90. The largest absolute Gasteiger partial charge is 0.461 e. The molecule has 12 heteroatoms. The van der Waals surface area contributed by atoms with Crippen LogP contribution in [-0.2, 0) is 19.4 Å². The number of hydrogen-bond acceptors (Lipinski definition) is 9. The molecule has 0 saturated carbocycles. The molecule has 9 nitrogen and oxygen atoms in total. The lowest BCUT2D eigenvalue weighted by Crippen LogP contribution is -2.19. The second-order valence-corrected chi connectivity index (χ2v) is 9.38. The van der Waals surface area contributed by atoms with Crippen LogP contribution in [0, 0.1) is 0 Å². The van der Waals surface area contributed by atoms with E-state index in [0.29, 0.717) is 16.3 Å². The monoisotopic (exact) mass is 508 g/mol. The number of allylic oxidation sites excluding steroid dienone is 1. The van der Waals surface area contributed by atoms with Gasteiger partial charge in [0.05, 0.1) is 22.2 Å². The summed E-state index contributed by atoms with van der Waals surface area (Å²) in [5, 5.41) is 3.90. The molecule has 2 N–H and O–H groups in total. The Morgan fingerprint density at radius 2 is 1.94 bits per heavy atom.